The van der Waals surface area contributed by atoms with Crippen LogP contribution in [0.2, 0.25) is 0 Å². The average Bonchev–Trinajstić information content (AvgIpc) is 2.30. The van der Waals surface area contributed by atoms with Gasteiger partial charge in [-0.3, -0.25) is 0 Å². The van der Waals surface area contributed by atoms with Crippen molar-refractivity contribution in [3.05, 3.63) is 34.3 Å². The molecule has 0 radical (unpaired) electrons. The molecule has 1 N–H and O–H groups in total. The molecule has 0 atom stereocenters. The monoisotopic (exact) mass is 303 g/mol. The van der Waals surface area contributed by atoms with E-state index in [9.17, 15) is 0 Å². The zero-order chi connectivity index (χ0) is 11.6. The molecular weight excluding hydrogens is 286 g/mol. The van der Waals surface area contributed by atoms with Crippen molar-refractivity contribution >= 4 is 27.5 Å². The van der Waals surface area contributed by atoms with Crippen molar-refractivity contribution in [3.63, 3.8) is 0 Å². The highest BCUT2D eigenvalue weighted by Gasteiger charge is 1.93. The van der Waals surface area contributed by atoms with Gasteiger partial charge in [-0.15, -0.1) is 11.6 Å². The first-order chi connectivity index (χ1) is 7.83. The summed E-state index contributed by atoms with van der Waals surface area (Å²) in [6.07, 6.45) is 4.92. The minimum Gasteiger partial charge on any atom is -0.313 e. The van der Waals surface area contributed by atoms with Crippen molar-refractivity contribution in [1.82, 2.24) is 5.32 Å². The Balaban J connectivity index is 2.01. The van der Waals surface area contributed by atoms with E-state index in [1.165, 1.54) is 24.8 Å². The van der Waals surface area contributed by atoms with Gasteiger partial charge in [0, 0.05) is 16.9 Å². The molecule has 0 saturated carbocycles. The molecule has 1 nitrogen and oxygen atoms in total. The van der Waals surface area contributed by atoms with E-state index in [0.717, 1.165) is 29.9 Å². The van der Waals surface area contributed by atoms with Gasteiger partial charge in [-0.1, -0.05) is 40.9 Å². The number of unbranched alkanes of at least 4 members (excludes halogenated alkanes) is 3. The molecule has 90 valence electrons. The molecule has 1 aromatic rings. The fourth-order valence-electron chi connectivity index (χ4n) is 1.53. The molecule has 1 aromatic carbocycles. The minimum absolute atomic E-state index is 0.798. The second-order valence-corrected chi connectivity index (χ2v) is 5.20. The molecular formula is C13H19BrClN. The lowest BCUT2D eigenvalue weighted by atomic mass is 10.2. The standard InChI is InChI=1S/C13H19BrClN/c14-13-7-5-12(6-8-13)11-16-10-4-2-1-3-9-15/h5-8,16H,1-4,9-11H2. The van der Waals surface area contributed by atoms with Crippen LogP contribution in [0.4, 0.5) is 0 Å². The van der Waals surface area contributed by atoms with Crippen LogP contribution in [-0.2, 0) is 6.54 Å². The Morgan fingerprint density at radius 2 is 1.69 bits per heavy atom. The Hall–Kier alpha value is -0.0500. The molecule has 3 heteroatoms. The Bertz CT molecular complexity index is 274. The van der Waals surface area contributed by atoms with Crippen LogP contribution in [0.25, 0.3) is 0 Å². The molecule has 0 spiro atoms. The quantitative estimate of drug-likeness (QED) is 0.556. The lowest BCUT2D eigenvalue weighted by Crippen LogP contribution is -2.14. The molecule has 0 fully saturated rings. The van der Waals surface area contributed by atoms with Crippen molar-refractivity contribution in [2.75, 3.05) is 12.4 Å². The molecule has 0 saturated heterocycles. The maximum atomic E-state index is 5.61. The number of hydrogen-bond donors (Lipinski definition) is 1. The van der Waals surface area contributed by atoms with Gasteiger partial charge in [-0.05, 0) is 37.1 Å². The van der Waals surface area contributed by atoms with Gasteiger partial charge >= 0.3 is 0 Å². The van der Waals surface area contributed by atoms with E-state index in [0.29, 0.717) is 0 Å². The summed E-state index contributed by atoms with van der Waals surface area (Å²) >= 11 is 9.05. The average molecular weight is 305 g/mol. The van der Waals surface area contributed by atoms with Gasteiger partial charge in [0.15, 0.2) is 0 Å². The van der Waals surface area contributed by atoms with E-state index >= 15 is 0 Å². The van der Waals surface area contributed by atoms with Crippen LogP contribution in [-0.4, -0.2) is 12.4 Å². The summed E-state index contributed by atoms with van der Waals surface area (Å²) in [5.41, 5.74) is 1.34. The van der Waals surface area contributed by atoms with Crippen LogP contribution in [0.3, 0.4) is 0 Å². The molecule has 0 aliphatic rings. The Labute approximate surface area is 112 Å². The van der Waals surface area contributed by atoms with Crippen molar-refractivity contribution in [3.8, 4) is 0 Å². The SMILES string of the molecule is ClCCCCCCNCc1ccc(Br)cc1. The first-order valence-electron chi connectivity index (χ1n) is 5.84. The van der Waals surface area contributed by atoms with Crippen molar-refractivity contribution < 1.29 is 0 Å². The number of benzene rings is 1. The molecule has 0 amide bonds. The lowest BCUT2D eigenvalue weighted by molar-refractivity contribution is 0.599. The third-order valence-electron chi connectivity index (χ3n) is 2.48. The maximum Gasteiger partial charge on any atom is 0.0223 e. The summed E-state index contributed by atoms with van der Waals surface area (Å²) in [4.78, 5) is 0. The summed E-state index contributed by atoms with van der Waals surface area (Å²) in [5.74, 6) is 0.798. The van der Waals surface area contributed by atoms with Crippen molar-refractivity contribution in [2.45, 2.75) is 32.2 Å². The van der Waals surface area contributed by atoms with Crippen LogP contribution in [0.5, 0.6) is 0 Å². The molecule has 0 bridgehead atoms. The van der Waals surface area contributed by atoms with E-state index in [1.54, 1.807) is 0 Å². The maximum absolute atomic E-state index is 5.61. The predicted octanol–water partition coefficient (Wildman–Crippen LogP) is 4.34. The van der Waals surface area contributed by atoms with Gasteiger partial charge in [0.25, 0.3) is 0 Å². The second-order valence-electron chi connectivity index (χ2n) is 3.91. The largest absolute Gasteiger partial charge is 0.313 e. The molecule has 16 heavy (non-hydrogen) atoms. The normalized spacial score (nSPS) is 10.6. The van der Waals surface area contributed by atoms with Gasteiger partial charge in [-0.25, -0.2) is 0 Å². The highest BCUT2D eigenvalue weighted by molar-refractivity contribution is 9.10. The van der Waals surface area contributed by atoms with E-state index in [1.807, 2.05) is 0 Å². The topological polar surface area (TPSA) is 12.0 Å². The molecule has 0 unspecified atom stereocenters. The Morgan fingerprint density at radius 3 is 2.38 bits per heavy atom. The molecule has 1 rings (SSSR count). The van der Waals surface area contributed by atoms with Crippen LogP contribution < -0.4 is 5.32 Å². The molecule has 0 aliphatic heterocycles. The Kier molecular flexibility index (Phi) is 7.91. The van der Waals surface area contributed by atoms with Gasteiger partial charge in [0.05, 0.1) is 0 Å². The number of alkyl halides is 1. The minimum atomic E-state index is 0.798. The first kappa shape index (κ1) is 14.0. The van der Waals surface area contributed by atoms with Gasteiger partial charge in [0.1, 0.15) is 0 Å². The fourth-order valence-corrected chi connectivity index (χ4v) is 1.99. The van der Waals surface area contributed by atoms with Crippen LogP contribution >= 0.6 is 27.5 Å². The fraction of sp³-hybridized carbons (Fsp3) is 0.538. The second kappa shape index (κ2) is 9.03. The predicted molar refractivity (Wildman–Crippen MR) is 75.0 cm³/mol. The third kappa shape index (κ3) is 6.51. The molecule has 0 aromatic heterocycles. The lowest BCUT2D eigenvalue weighted by Gasteiger charge is -2.04. The zero-order valence-electron chi connectivity index (χ0n) is 9.52. The summed E-state index contributed by atoms with van der Waals surface area (Å²) in [7, 11) is 0. The number of nitrogens with one attached hydrogen (secondary N) is 1. The highest BCUT2D eigenvalue weighted by atomic mass is 79.9. The summed E-state index contributed by atoms with van der Waals surface area (Å²) in [6.45, 7) is 2.06. The van der Waals surface area contributed by atoms with E-state index in [-0.39, 0.29) is 0 Å². The smallest absolute Gasteiger partial charge is 0.0223 e. The van der Waals surface area contributed by atoms with Gasteiger partial charge < -0.3 is 5.32 Å². The van der Waals surface area contributed by atoms with Crippen molar-refractivity contribution in [1.29, 1.82) is 0 Å². The first-order valence-corrected chi connectivity index (χ1v) is 7.17. The summed E-state index contributed by atoms with van der Waals surface area (Å²) in [5, 5.41) is 3.45. The number of hydrogen-bond acceptors (Lipinski definition) is 1. The number of rotatable bonds is 8. The Morgan fingerprint density at radius 1 is 1.00 bits per heavy atom. The van der Waals surface area contributed by atoms with Gasteiger partial charge in [-0.2, -0.15) is 0 Å². The van der Waals surface area contributed by atoms with Crippen LogP contribution in [0, 0.1) is 0 Å². The molecule has 0 heterocycles. The van der Waals surface area contributed by atoms with E-state index in [2.05, 4.69) is 45.5 Å². The van der Waals surface area contributed by atoms with E-state index in [4.69, 9.17) is 11.6 Å². The summed E-state index contributed by atoms with van der Waals surface area (Å²) < 4.78 is 1.14. The van der Waals surface area contributed by atoms with Crippen molar-refractivity contribution in [2.24, 2.45) is 0 Å². The van der Waals surface area contributed by atoms with E-state index < -0.39 is 0 Å². The zero-order valence-corrected chi connectivity index (χ0v) is 11.9. The third-order valence-corrected chi connectivity index (χ3v) is 3.28. The van der Waals surface area contributed by atoms with Crippen LogP contribution in [0.1, 0.15) is 31.2 Å². The van der Waals surface area contributed by atoms with Gasteiger partial charge in [0.2, 0.25) is 0 Å². The summed E-state index contributed by atoms with van der Waals surface area (Å²) in [6, 6.07) is 8.45. The highest BCUT2D eigenvalue weighted by Crippen LogP contribution is 2.10. The molecule has 0 aliphatic carbocycles. The number of halogens is 2. The van der Waals surface area contributed by atoms with Crippen LogP contribution in [0.15, 0.2) is 28.7 Å².